The Hall–Kier alpha value is -2.71. The van der Waals surface area contributed by atoms with E-state index in [1.165, 1.54) is 0 Å². The maximum atomic E-state index is 5.40. The van der Waals surface area contributed by atoms with E-state index in [0.717, 1.165) is 5.56 Å². The average Bonchev–Trinajstić information content (AvgIpc) is 2.92. The lowest BCUT2D eigenvalue weighted by Crippen LogP contribution is -2.13. The van der Waals surface area contributed by atoms with Crippen molar-refractivity contribution < 1.29 is 0 Å². The molecule has 0 amide bonds. The number of anilines is 2. The van der Waals surface area contributed by atoms with Gasteiger partial charge >= 0.3 is 0 Å². The summed E-state index contributed by atoms with van der Waals surface area (Å²) in [6.07, 6.45) is 0. The molecule has 1 aromatic carbocycles. The number of aromatic amines is 1. The van der Waals surface area contributed by atoms with Gasteiger partial charge in [0.15, 0.2) is 11.6 Å². The normalized spacial score (nSPS) is 10.6. The van der Waals surface area contributed by atoms with Crippen molar-refractivity contribution in [3.63, 3.8) is 0 Å². The first-order chi connectivity index (χ1) is 9.33. The van der Waals surface area contributed by atoms with Crippen LogP contribution in [0.3, 0.4) is 0 Å². The van der Waals surface area contributed by atoms with Gasteiger partial charge in [0.2, 0.25) is 0 Å². The summed E-state index contributed by atoms with van der Waals surface area (Å²) in [5.74, 6) is 12.3. The standard InChI is InChI=1S/C11H12N8/c12-16-10-7-8(11(17-13)19-18-10)15-9(14-7)6-4-2-1-3-5-6/h1-5H,12-13H2,(H,14,15)(H,16,18)(H,17,19). The first-order valence-electron chi connectivity index (χ1n) is 5.58. The molecule has 3 aromatic rings. The molecule has 0 saturated heterocycles. The SMILES string of the molecule is NNc1nnc(NN)c2[nH]c(-c3ccccc3)nc12. The molecule has 0 spiro atoms. The van der Waals surface area contributed by atoms with Crippen molar-refractivity contribution in [3.05, 3.63) is 30.3 Å². The minimum atomic E-state index is 0.382. The smallest absolute Gasteiger partial charge is 0.191 e. The van der Waals surface area contributed by atoms with Gasteiger partial charge in [-0.25, -0.2) is 16.7 Å². The molecule has 0 bridgehead atoms. The number of hydrogen-bond donors (Lipinski definition) is 5. The monoisotopic (exact) mass is 256 g/mol. The highest BCUT2D eigenvalue weighted by Crippen LogP contribution is 2.26. The Labute approximate surface area is 108 Å². The van der Waals surface area contributed by atoms with Crippen molar-refractivity contribution in [1.82, 2.24) is 20.2 Å². The molecule has 19 heavy (non-hydrogen) atoms. The molecular weight excluding hydrogens is 244 g/mol. The predicted molar refractivity (Wildman–Crippen MR) is 72.7 cm³/mol. The van der Waals surface area contributed by atoms with Crippen LogP contribution in [0.25, 0.3) is 22.4 Å². The van der Waals surface area contributed by atoms with Crippen LogP contribution in [0.5, 0.6) is 0 Å². The molecule has 7 N–H and O–H groups in total. The molecule has 3 rings (SSSR count). The number of rotatable bonds is 3. The van der Waals surface area contributed by atoms with Crippen LogP contribution in [0.15, 0.2) is 30.3 Å². The van der Waals surface area contributed by atoms with E-state index >= 15 is 0 Å². The van der Waals surface area contributed by atoms with Gasteiger partial charge in [-0.3, -0.25) is 0 Å². The molecule has 0 fully saturated rings. The summed E-state index contributed by atoms with van der Waals surface area (Å²) in [6, 6.07) is 9.70. The molecule has 0 unspecified atom stereocenters. The van der Waals surface area contributed by atoms with Crippen molar-refractivity contribution in [2.45, 2.75) is 0 Å². The first kappa shape index (κ1) is 11.4. The predicted octanol–water partition coefficient (Wildman–Crippen LogP) is 0.591. The van der Waals surface area contributed by atoms with Gasteiger partial charge in [-0.2, -0.15) is 0 Å². The van der Waals surface area contributed by atoms with Crippen LogP contribution in [0.4, 0.5) is 11.6 Å². The quantitative estimate of drug-likeness (QED) is 0.342. The van der Waals surface area contributed by atoms with Gasteiger partial charge in [-0.15, -0.1) is 10.2 Å². The lowest BCUT2D eigenvalue weighted by Gasteiger charge is -2.01. The van der Waals surface area contributed by atoms with E-state index in [2.05, 4.69) is 31.0 Å². The van der Waals surface area contributed by atoms with E-state index < -0.39 is 0 Å². The van der Waals surface area contributed by atoms with Gasteiger partial charge in [-0.1, -0.05) is 30.3 Å². The van der Waals surface area contributed by atoms with Crippen molar-refractivity contribution in [3.8, 4) is 11.4 Å². The lowest BCUT2D eigenvalue weighted by atomic mass is 10.2. The van der Waals surface area contributed by atoms with E-state index in [9.17, 15) is 0 Å². The molecule has 2 aromatic heterocycles. The van der Waals surface area contributed by atoms with Crippen LogP contribution in [-0.2, 0) is 0 Å². The highest BCUT2D eigenvalue weighted by atomic mass is 15.4. The summed E-state index contributed by atoms with van der Waals surface area (Å²) in [6.45, 7) is 0. The number of H-pyrrole nitrogens is 1. The van der Waals surface area contributed by atoms with Crippen LogP contribution < -0.4 is 22.5 Å². The second kappa shape index (κ2) is 4.52. The topological polar surface area (TPSA) is 131 Å². The molecule has 8 nitrogen and oxygen atoms in total. The Morgan fingerprint density at radius 3 is 2.32 bits per heavy atom. The van der Waals surface area contributed by atoms with Gasteiger partial charge in [-0.05, 0) is 0 Å². The first-order valence-corrected chi connectivity index (χ1v) is 5.58. The molecule has 0 aliphatic rings. The number of hydrogen-bond acceptors (Lipinski definition) is 7. The number of hydrazine groups is 2. The van der Waals surface area contributed by atoms with Gasteiger partial charge in [0.25, 0.3) is 0 Å². The Bertz CT molecular complexity index is 664. The minimum Gasteiger partial charge on any atom is -0.335 e. The fourth-order valence-corrected chi connectivity index (χ4v) is 1.84. The van der Waals surface area contributed by atoms with Gasteiger partial charge in [0.1, 0.15) is 16.9 Å². The van der Waals surface area contributed by atoms with Gasteiger partial charge in [0, 0.05) is 5.56 Å². The van der Waals surface area contributed by atoms with Crippen molar-refractivity contribution >= 4 is 22.7 Å². The molecule has 0 saturated carbocycles. The zero-order chi connectivity index (χ0) is 13.2. The minimum absolute atomic E-state index is 0.382. The maximum Gasteiger partial charge on any atom is 0.191 e. The Kier molecular flexibility index (Phi) is 2.71. The average molecular weight is 256 g/mol. The van der Waals surface area contributed by atoms with Crippen molar-refractivity contribution in [2.24, 2.45) is 11.7 Å². The van der Waals surface area contributed by atoms with E-state index in [4.69, 9.17) is 11.7 Å². The number of nitrogens with two attached hydrogens (primary N) is 2. The van der Waals surface area contributed by atoms with E-state index in [1.54, 1.807) is 0 Å². The van der Waals surface area contributed by atoms with Crippen LogP contribution in [-0.4, -0.2) is 20.2 Å². The van der Waals surface area contributed by atoms with Gasteiger partial charge < -0.3 is 15.8 Å². The third kappa shape index (κ3) is 1.84. The Balaban J connectivity index is 2.24. The largest absolute Gasteiger partial charge is 0.335 e. The molecule has 0 aliphatic heterocycles. The number of nitrogens with zero attached hydrogens (tertiary/aromatic N) is 3. The number of fused-ring (bicyclic) bond motifs is 1. The number of imidazole rings is 1. The highest BCUT2D eigenvalue weighted by Gasteiger charge is 2.14. The molecule has 8 heteroatoms. The second-order valence-corrected chi connectivity index (χ2v) is 3.86. The summed E-state index contributed by atoms with van der Waals surface area (Å²) in [5.41, 5.74) is 7.10. The fourth-order valence-electron chi connectivity index (χ4n) is 1.84. The van der Waals surface area contributed by atoms with E-state index in [1.807, 2.05) is 30.3 Å². The molecule has 0 radical (unpaired) electrons. The Morgan fingerprint density at radius 1 is 0.947 bits per heavy atom. The van der Waals surface area contributed by atoms with Crippen molar-refractivity contribution in [1.29, 1.82) is 0 Å². The van der Waals surface area contributed by atoms with Crippen LogP contribution >= 0.6 is 0 Å². The number of benzene rings is 1. The van der Waals surface area contributed by atoms with Crippen LogP contribution in [0.1, 0.15) is 0 Å². The summed E-state index contributed by atoms with van der Waals surface area (Å²) in [7, 11) is 0. The summed E-state index contributed by atoms with van der Waals surface area (Å²) < 4.78 is 0. The highest BCUT2D eigenvalue weighted by molar-refractivity contribution is 5.94. The molecule has 0 aliphatic carbocycles. The second-order valence-electron chi connectivity index (χ2n) is 3.86. The number of aromatic nitrogens is 4. The summed E-state index contributed by atoms with van der Waals surface area (Å²) in [4.78, 5) is 7.62. The summed E-state index contributed by atoms with van der Waals surface area (Å²) >= 11 is 0. The number of nitrogens with one attached hydrogen (secondary N) is 3. The lowest BCUT2D eigenvalue weighted by molar-refractivity contribution is 1.02. The van der Waals surface area contributed by atoms with Crippen molar-refractivity contribution in [2.75, 3.05) is 10.9 Å². The Morgan fingerprint density at radius 2 is 1.63 bits per heavy atom. The van der Waals surface area contributed by atoms with Gasteiger partial charge in [0.05, 0.1) is 0 Å². The summed E-state index contributed by atoms with van der Waals surface area (Å²) in [5, 5.41) is 7.80. The molecular formula is C11H12N8. The maximum absolute atomic E-state index is 5.40. The zero-order valence-electron chi connectivity index (χ0n) is 9.88. The zero-order valence-corrected chi connectivity index (χ0v) is 9.88. The molecule has 96 valence electrons. The third-order valence-corrected chi connectivity index (χ3v) is 2.74. The van der Waals surface area contributed by atoms with Crippen LogP contribution in [0.2, 0.25) is 0 Å². The van der Waals surface area contributed by atoms with Crippen LogP contribution in [0, 0.1) is 0 Å². The fraction of sp³-hybridized carbons (Fsp3) is 0. The third-order valence-electron chi connectivity index (χ3n) is 2.74. The van der Waals surface area contributed by atoms with E-state index in [-0.39, 0.29) is 0 Å². The molecule has 2 heterocycles. The number of nitrogen functional groups attached to an aromatic ring is 2. The van der Waals surface area contributed by atoms with E-state index in [0.29, 0.717) is 28.5 Å². The molecule has 0 atom stereocenters.